The highest BCUT2D eigenvalue weighted by atomic mass is 16.5. The summed E-state index contributed by atoms with van der Waals surface area (Å²) >= 11 is 0. The van der Waals surface area contributed by atoms with Crippen LogP contribution in [-0.2, 0) is 14.3 Å². The largest absolute Gasteiger partial charge is 0.385 e. The maximum atomic E-state index is 11.7. The van der Waals surface area contributed by atoms with E-state index in [9.17, 15) is 9.59 Å². The molecule has 0 aromatic heterocycles. The van der Waals surface area contributed by atoms with Crippen molar-refractivity contribution in [1.82, 2.24) is 5.32 Å². The molecule has 0 atom stereocenters. The van der Waals surface area contributed by atoms with Crippen molar-refractivity contribution in [3.8, 4) is 0 Å². The summed E-state index contributed by atoms with van der Waals surface area (Å²) in [5.41, 5.74) is 2.54. The van der Waals surface area contributed by atoms with Gasteiger partial charge in [-0.15, -0.1) is 0 Å². The highest BCUT2D eigenvalue weighted by Gasteiger charge is 2.05. The zero-order valence-electron chi connectivity index (χ0n) is 13.5. The Hall–Kier alpha value is -2.08. The molecule has 1 rings (SSSR count). The van der Waals surface area contributed by atoms with Crippen LogP contribution >= 0.6 is 0 Å². The average molecular weight is 307 g/mol. The second-order valence-electron chi connectivity index (χ2n) is 4.98. The molecule has 0 aliphatic carbocycles. The SMILES string of the molecule is CCC(=O)Nc1cc(NCC(=O)NCCCOC)ccc1C. The summed E-state index contributed by atoms with van der Waals surface area (Å²) in [5, 5.41) is 8.70. The molecule has 6 nitrogen and oxygen atoms in total. The smallest absolute Gasteiger partial charge is 0.239 e. The maximum absolute atomic E-state index is 11.7. The molecular weight excluding hydrogens is 282 g/mol. The molecule has 22 heavy (non-hydrogen) atoms. The normalized spacial score (nSPS) is 10.1. The summed E-state index contributed by atoms with van der Waals surface area (Å²) < 4.78 is 4.92. The molecule has 0 unspecified atom stereocenters. The van der Waals surface area contributed by atoms with Crippen molar-refractivity contribution in [2.45, 2.75) is 26.7 Å². The number of aryl methyl sites for hydroxylation is 1. The molecule has 0 spiro atoms. The highest BCUT2D eigenvalue weighted by molar-refractivity contribution is 5.92. The second kappa shape index (κ2) is 9.78. The summed E-state index contributed by atoms with van der Waals surface area (Å²) in [7, 11) is 1.63. The maximum Gasteiger partial charge on any atom is 0.239 e. The third-order valence-electron chi connectivity index (χ3n) is 3.13. The number of nitrogens with one attached hydrogen (secondary N) is 3. The van der Waals surface area contributed by atoms with Gasteiger partial charge in [-0.25, -0.2) is 0 Å². The zero-order chi connectivity index (χ0) is 16.4. The van der Waals surface area contributed by atoms with Gasteiger partial charge in [0.2, 0.25) is 11.8 Å². The Kier molecular flexibility index (Phi) is 7.99. The van der Waals surface area contributed by atoms with Crippen molar-refractivity contribution >= 4 is 23.2 Å². The first-order valence-electron chi connectivity index (χ1n) is 7.46. The van der Waals surface area contributed by atoms with E-state index in [-0.39, 0.29) is 18.4 Å². The van der Waals surface area contributed by atoms with Gasteiger partial charge in [-0.3, -0.25) is 9.59 Å². The van der Waals surface area contributed by atoms with Crippen LogP contribution in [-0.4, -0.2) is 38.6 Å². The minimum Gasteiger partial charge on any atom is -0.385 e. The molecule has 0 bridgehead atoms. The van der Waals surface area contributed by atoms with Gasteiger partial charge in [0, 0.05) is 38.1 Å². The average Bonchev–Trinajstić information content (AvgIpc) is 2.52. The summed E-state index contributed by atoms with van der Waals surface area (Å²) in [6.07, 6.45) is 1.22. The molecule has 1 aromatic rings. The molecule has 0 aliphatic rings. The Labute approximate surface area is 131 Å². The van der Waals surface area contributed by atoms with Crippen molar-refractivity contribution in [2.24, 2.45) is 0 Å². The lowest BCUT2D eigenvalue weighted by molar-refractivity contribution is -0.119. The summed E-state index contributed by atoms with van der Waals surface area (Å²) in [4.78, 5) is 23.1. The van der Waals surface area contributed by atoms with E-state index < -0.39 is 0 Å². The Bertz CT molecular complexity index is 503. The lowest BCUT2D eigenvalue weighted by Crippen LogP contribution is -2.31. The third kappa shape index (κ3) is 6.58. The first kappa shape index (κ1) is 18.0. The molecule has 0 fully saturated rings. The molecule has 0 aliphatic heterocycles. The zero-order valence-corrected chi connectivity index (χ0v) is 13.5. The molecule has 0 saturated carbocycles. The number of hydrogen-bond donors (Lipinski definition) is 3. The van der Waals surface area contributed by atoms with Gasteiger partial charge < -0.3 is 20.7 Å². The first-order valence-corrected chi connectivity index (χ1v) is 7.46. The first-order chi connectivity index (χ1) is 10.6. The number of anilines is 2. The number of carbonyl (C=O) groups excluding carboxylic acids is 2. The second-order valence-corrected chi connectivity index (χ2v) is 4.98. The van der Waals surface area contributed by atoms with E-state index in [0.29, 0.717) is 19.6 Å². The molecular formula is C16H25N3O3. The predicted molar refractivity (Wildman–Crippen MR) is 88.1 cm³/mol. The summed E-state index contributed by atoms with van der Waals surface area (Å²) in [6, 6.07) is 5.63. The van der Waals surface area contributed by atoms with Gasteiger partial charge in [0.25, 0.3) is 0 Å². The van der Waals surface area contributed by atoms with Crippen LogP contribution in [0.3, 0.4) is 0 Å². The minimum absolute atomic E-state index is 0.0314. The van der Waals surface area contributed by atoms with E-state index in [2.05, 4.69) is 16.0 Å². The monoisotopic (exact) mass is 307 g/mol. The van der Waals surface area contributed by atoms with Crippen LogP contribution in [0.25, 0.3) is 0 Å². The van der Waals surface area contributed by atoms with Crippen LogP contribution in [0.5, 0.6) is 0 Å². The fraction of sp³-hybridized carbons (Fsp3) is 0.500. The molecule has 2 amide bonds. The van der Waals surface area contributed by atoms with Crippen molar-refractivity contribution in [1.29, 1.82) is 0 Å². The van der Waals surface area contributed by atoms with Gasteiger partial charge >= 0.3 is 0 Å². The Balaban J connectivity index is 2.47. The summed E-state index contributed by atoms with van der Waals surface area (Å²) in [5.74, 6) is -0.105. The van der Waals surface area contributed by atoms with Gasteiger partial charge in [-0.1, -0.05) is 13.0 Å². The van der Waals surface area contributed by atoms with Gasteiger partial charge in [0.05, 0.1) is 6.54 Å². The van der Waals surface area contributed by atoms with Crippen LogP contribution < -0.4 is 16.0 Å². The Morgan fingerprint density at radius 2 is 2.00 bits per heavy atom. The van der Waals surface area contributed by atoms with Crippen molar-refractivity contribution in [3.63, 3.8) is 0 Å². The standard InChI is InChI=1S/C16H25N3O3/c1-4-15(20)19-14-10-13(7-6-12(14)2)18-11-16(21)17-8-5-9-22-3/h6-7,10,18H,4-5,8-9,11H2,1-3H3,(H,17,21)(H,19,20). The Morgan fingerprint density at radius 3 is 2.68 bits per heavy atom. The topological polar surface area (TPSA) is 79.5 Å². The van der Waals surface area contributed by atoms with E-state index in [1.165, 1.54) is 0 Å². The van der Waals surface area contributed by atoms with Gasteiger partial charge in [0.15, 0.2) is 0 Å². The number of benzene rings is 1. The molecule has 3 N–H and O–H groups in total. The molecule has 6 heteroatoms. The quantitative estimate of drug-likeness (QED) is 0.609. The van der Waals surface area contributed by atoms with Crippen molar-refractivity contribution in [3.05, 3.63) is 23.8 Å². The lowest BCUT2D eigenvalue weighted by atomic mass is 10.1. The molecule has 0 radical (unpaired) electrons. The number of amides is 2. The van der Waals surface area contributed by atoms with E-state index in [4.69, 9.17) is 4.74 Å². The molecule has 0 heterocycles. The molecule has 122 valence electrons. The van der Waals surface area contributed by atoms with E-state index >= 15 is 0 Å². The third-order valence-corrected chi connectivity index (χ3v) is 3.13. The predicted octanol–water partition coefficient (Wildman–Crippen LogP) is 1.91. The number of hydrogen-bond acceptors (Lipinski definition) is 4. The van der Waals surface area contributed by atoms with Gasteiger partial charge in [0.1, 0.15) is 0 Å². The number of rotatable bonds is 9. The van der Waals surface area contributed by atoms with Crippen LogP contribution in [0.2, 0.25) is 0 Å². The highest BCUT2D eigenvalue weighted by Crippen LogP contribution is 2.20. The van der Waals surface area contributed by atoms with E-state index in [1.54, 1.807) is 14.0 Å². The molecule has 0 saturated heterocycles. The van der Waals surface area contributed by atoms with Crippen LogP contribution in [0.4, 0.5) is 11.4 Å². The van der Waals surface area contributed by atoms with Crippen molar-refractivity contribution in [2.75, 3.05) is 37.4 Å². The van der Waals surface area contributed by atoms with Crippen molar-refractivity contribution < 1.29 is 14.3 Å². The van der Waals surface area contributed by atoms with Crippen LogP contribution in [0.1, 0.15) is 25.3 Å². The Morgan fingerprint density at radius 1 is 1.23 bits per heavy atom. The van der Waals surface area contributed by atoms with Gasteiger partial charge in [-0.05, 0) is 31.0 Å². The molecule has 1 aromatic carbocycles. The summed E-state index contributed by atoms with van der Waals surface area (Å²) in [6.45, 7) is 5.15. The fourth-order valence-electron chi connectivity index (χ4n) is 1.79. The number of ether oxygens (including phenoxy) is 1. The van der Waals surface area contributed by atoms with Crippen LogP contribution in [0.15, 0.2) is 18.2 Å². The van der Waals surface area contributed by atoms with E-state index in [0.717, 1.165) is 23.4 Å². The van der Waals surface area contributed by atoms with E-state index in [1.807, 2.05) is 25.1 Å². The van der Waals surface area contributed by atoms with Crippen LogP contribution in [0, 0.1) is 6.92 Å². The fourth-order valence-corrected chi connectivity index (χ4v) is 1.79. The van der Waals surface area contributed by atoms with Gasteiger partial charge in [-0.2, -0.15) is 0 Å². The number of carbonyl (C=O) groups is 2. The lowest BCUT2D eigenvalue weighted by Gasteiger charge is -2.12. The minimum atomic E-state index is -0.0733. The number of methoxy groups -OCH3 is 1.